The first-order valence-corrected chi connectivity index (χ1v) is 5.53. The van der Waals surface area contributed by atoms with Crippen molar-refractivity contribution in [3.05, 3.63) is 35.3 Å². The highest BCUT2D eigenvalue weighted by molar-refractivity contribution is 5.85. The second-order valence-electron chi connectivity index (χ2n) is 4.14. The summed E-state index contributed by atoms with van der Waals surface area (Å²) in [7, 11) is 3.93. The van der Waals surface area contributed by atoms with Crippen LogP contribution in [-0.2, 0) is 13.5 Å². The molecule has 0 bridgehead atoms. The first-order valence-electron chi connectivity index (χ1n) is 5.53. The lowest BCUT2D eigenvalue weighted by molar-refractivity contribution is 0.629. The number of nitrogens with one attached hydrogen (secondary N) is 1. The zero-order valence-corrected chi connectivity index (χ0v) is 9.97. The number of aromatic nitrogens is 1. The molecule has 1 N–H and O–H groups in total. The molecule has 1 heterocycles. The molecule has 0 fully saturated rings. The average Bonchev–Trinajstić information content (AvgIpc) is 2.50. The number of rotatable bonds is 3. The highest BCUT2D eigenvalue weighted by atomic mass is 19.1. The van der Waals surface area contributed by atoms with Crippen molar-refractivity contribution in [2.24, 2.45) is 7.05 Å². The molecule has 2 nitrogen and oxygen atoms in total. The number of hydrogen-bond acceptors (Lipinski definition) is 1. The van der Waals surface area contributed by atoms with Crippen molar-refractivity contribution >= 4 is 10.9 Å². The Morgan fingerprint density at radius 2 is 2.12 bits per heavy atom. The third-order valence-corrected chi connectivity index (χ3v) is 3.21. The van der Waals surface area contributed by atoms with Gasteiger partial charge in [-0.25, -0.2) is 4.39 Å². The van der Waals surface area contributed by atoms with Gasteiger partial charge in [-0.2, -0.15) is 0 Å². The molecule has 0 atom stereocenters. The summed E-state index contributed by atoms with van der Waals surface area (Å²) in [5, 5.41) is 4.31. The monoisotopic (exact) mass is 220 g/mol. The molecule has 0 unspecified atom stereocenters. The fraction of sp³-hybridized carbons (Fsp3) is 0.385. The topological polar surface area (TPSA) is 17.0 Å². The van der Waals surface area contributed by atoms with E-state index in [2.05, 4.69) is 16.8 Å². The average molecular weight is 220 g/mol. The lowest BCUT2D eigenvalue weighted by Crippen LogP contribution is -2.10. The Morgan fingerprint density at radius 1 is 1.38 bits per heavy atom. The van der Waals surface area contributed by atoms with Gasteiger partial charge >= 0.3 is 0 Å². The van der Waals surface area contributed by atoms with E-state index in [4.69, 9.17) is 0 Å². The van der Waals surface area contributed by atoms with E-state index in [1.54, 1.807) is 6.07 Å². The van der Waals surface area contributed by atoms with E-state index >= 15 is 0 Å². The molecule has 0 aliphatic rings. The summed E-state index contributed by atoms with van der Waals surface area (Å²) in [6.07, 6.45) is 0.977. The summed E-state index contributed by atoms with van der Waals surface area (Å²) < 4.78 is 15.2. The molecule has 1 aromatic heterocycles. The number of halogens is 1. The highest BCUT2D eigenvalue weighted by Crippen LogP contribution is 2.25. The van der Waals surface area contributed by atoms with Crippen molar-refractivity contribution in [3.8, 4) is 0 Å². The van der Waals surface area contributed by atoms with Crippen LogP contribution in [0.3, 0.4) is 0 Å². The summed E-state index contributed by atoms with van der Waals surface area (Å²) in [5.41, 5.74) is 3.51. The predicted molar refractivity (Wildman–Crippen MR) is 65.2 cm³/mol. The van der Waals surface area contributed by atoms with Gasteiger partial charge in [0.2, 0.25) is 0 Å². The molecule has 86 valence electrons. The number of nitrogens with zero attached hydrogens (tertiary/aromatic N) is 1. The number of hydrogen-bond donors (Lipinski definition) is 1. The van der Waals surface area contributed by atoms with Crippen LogP contribution in [-0.4, -0.2) is 18.2 Å². The molecule has 0 aliphatic heterocycles. The molecule has 0 aliphatic carbocycles. The van der Waals surface area contributed by atoms with Crippen LogP contribution in [0, 0.1) is 12.7 Å². The van der Waals surface area contributed by atoms with Crippen LogP contribution >= 0.6 is 0 Å². The van der Waals surface area contributed by atoms with Crippen LogP contribution in [0.15, 0.2) is 18.2 Å². The van der Waals surface area contributed by atoms with Gasteiger partial charge in [0.1, 0.15) is 5.82 Å². The van der Waals surface area contributed by atoms with Crippen molar-refractivity contribution in [1.82, 2.24) is 9.88 Å². The van der Waals surface area contributed by atoms with Crippen molar-refractivity contribution in [3.63, 3.8) is 0 Å². The van der Waals surface area contributed by atoms with Gasteiger partial charge in [-0.05, 0) is 50.7 Å². The van der Waals surface area contributed by atoms with Crippen molar-refractivity contribution in [2.45, 2.75) is 13.3 Å². The molecular formula is C13H17FN2. The Morgan fingerprint density at radius 3 is 2.81 bits per heavy atom. The summed E-state index contributed by atoms with van der Waals surface area (Å²) in [4.78, 5) is 0. The van der Waals surface area contributed by atoms with E-state index < -0.39 is 0 Å². The van der Waals surface area contributed by atoms with Gasteiger partial charge in [0.25, 0.3) is 0 Å². The maximum Gasteiger partial charge on any atom is 0.125 e. The normalized spacial score (nSPS) is 11.2. The molecule has 0 amide bonds. The number of aryl methyl sites for hydroxylation is 1. The minimum absolute atomic E-state index is 0.173. The van der Waals surface area contributed by atoms with Crippen molar-refractivity contribution in [2.75, 3.05) is 13.6 Å². The van der Waals surface area contributed by atoms with Crippen LogP contribution in [0.4, 0.5) is 4.39 Å². The van der Waals surface area contributed by atoms with Gasteiger partial charge < -0.3 is 9.88 Å². The van der Waals surface area contributed by atoms with Crippen LogP contribution in [0.5, 0.6) is 0 Å². The molecule has 3 heteroatoms. The second kappa shape index (κ2) is 4.26. The number of likely N-dealkylation sites (N-methyl/N-ethyl adjacent to an activating group) is 1. The molecule has 1 aromatic carbocycles. The Balaban J connectivity index is 2.59. The summed E-state index contributed by atoms with van der Waals surface area (Å²) in [6.45, 7) is 3.03. The zero-order chi connectivity index (χ0) is 11.7. The molecule has 0 radical (unpaired) electrons. The van der Waals surface area contributed by atoms with E-state index in [-0.39, 0.29) is 5.82 Å². The third-order valence-electron chi connectivity index (χ3n) is 3.21. The van der Waals surface area contributed by atoms with Gasteiger partial charge in [0.05, 0.1) is 5.52 Å². The van der Waals surface area contributed by atoms with Crippen molar-refractivity contribution < 1.29 is 4.39 Å². The van der Waals surface area contributed by atoms with E-state index in [1.165, 1.54) is 17.3 Å². The Bertz CT molecular complexity index is 514. The van der Waals surface area contributed by atoms with Gasteiger partial charge in [-0.3, -0.25) is 0 Å². The van der Waals surface area contributed by atoms with Gasteiger partial charge in [-0.1, -0.05) is 0 Å². The molecule has 0 spiro atoms. The molecule has 2 rings (SSSR count). The van der Waals surface area contributed by atoms with E-state index in [0.717, 1.165) is 23.9 Å². The van der Waals surface area contributed by atoms with E-state index in [0.29, 0.717) is 0 Å². The number of fused-ring (bicyclic) bond motifs is 1. The molecule has 0 saturated carbocycles. The standard InChI is InChI=1S/C13H17FN2/c1-9-11(6-7-15-2)12-5-4-10(14)8-13(12)16(9)3/h4-5,8,15H,6-7H2,1-3H3. The quantitative estimate of drug-likeness (QED) is 0.840. The molecule has 0 saturated heterocycles. The minimum atomic E-state index is -0.173. The Kier molecular flexibility index (Phi) is 2.97. The molecule has 16 heavy (non-hydrogen) atoms. The van der Waals surface area contributed by atoms with Gasteiger partial charge in [-0.15, -0.1) is 0 Å². The summed E-state index contributed by atoms with van der Waals surface area (Å²) >= 11 is 0. The highest BCUT2D eigenvalue weighted by Gasteiger charge is 2.11. The summed E-state index contributed by atoms with van der Waals surface area (Å²) in [5.74, 6) is -0.173. The fourth-order valence-corrected chi connectivity index (χ4v) is 2.18. The predicted octanol–water partition coefficient (Wildman–Crippen LogP) is 2.39. The first-order chi connectivity index (χ1) is 7.65. The Labute approximate surface area is 95.1 Å². The van der Waals surface area contributed by atoms with Crippen LogP contribution in [0.25, 0.3) is 10.9 Å². The zero-order valence-electron chi connectivity index (χ0n) is 9.97. The van der Waals surface area contributed by atoms with Crippen LogP contribution in [0.1, 0.15) is 11.3 Å². The van der Waals surface area contributed by atoms with Crippen LogP contribution < -0.4 is 5.32 Å². The van der Waals surface area contributed by atoms with Crippen molar-refractivity contribution in [1.29, 1.82) is 0 Å². The summed E-state index contributed by atoms with van der Waals surface area (Å²) in [6, 6.07) is 5.01. The largest absolute Gasteiger partial charge is 0.348 e. The van der Waals surface area contributed by atoms with Gasteiger partial charge in [0.15, 0.2) is 0 Å². The van der Waals surface area contributed by atoms with Gasteiger partial charge in [0, 0.05) is 18.1 Å². The smallest absolute Gasteiger partial charge is 0.125 e. The first kappa shape index (κ1) is 11.1. The lowest BCUT2D eigenvalue weighted by atomic mass is 10.1. The fourth-order valence-electron chi connectivity index (χ4n) is 2.18. The van der Waals surface area contributed by atoms with E-state index in [9.17, 15) is 4.39 Å². The number of benzene rings is 1. The third kappa shape index (κ3) is 1.71. The maximum atomic E-state index is 13.2. The van der Waals surface area contributed by atoms with Crippen LogP contribution in [0.2, 0.25) is 0 Å². The molecule has 2 aromatic rings. The SMILES string of the molecule is CNCCc1c(C)n(C)c2cc(F)ccc12. The minimum Gasteiger partial charge on any atom is -0.348 e. The lowest BCUT2D eigenvalue weighted by Gasteiger charge is -2.01. The molecular weight excluding hydrogens is 203 g/mol. The van der Waals surface area contributed by atoms with E-state index in [1.807, 2.05) is 20.2 Å². The second-order valence-corrected chi connectivity index (χ2v) is 4.14. The Hall–Kier alpha value is -1.35. The maximum absolute atomic E-state index is 13.2.